The van der Waals surface area contributed by atoms with Gasteiger partial charge in [-0.15, -0.1) is 0 Å². The fourth-order valence-electron chi connectivity index (χ4n) is 4.33. The first-order valence-corrected chi connectivity index (χ1v) is 9.45. The zero-order valence-corrected chi connectivity index (χ0v) is 15.9. The van der Waals surface area contributed by atoms with Crippen LogP contribution in [0.5, 0.6) is 0 Å². The molecule has 1 aromatic heterocycles. The molecule has 0 aliphatic carbocycles. The number of nitrogens with two attached hydrogens (primary N) is 1. The van der Waals surface area contributed by atoms with Crippen molar-refractivity contribution in [2.24, 2.45) is 11.7 Å². The lowest BCUT2D eigenvalue weighted by atomic mass is 9.69. The molecule has 7 heteroatoms. The number of benzene rings is 2. The average Bonchev–Trinajstić information content (AvgIpc) is 3.02. The fraction of sp³-hybridized carbons (Fsp3) is 0.174. The number of hydrogen-bond acceptors (Lipinski definition) is 3. The van der Waals surface area contributed by atoms with E-state index in [1.807, 2.05) is 0 Å². The molecule has 152 valence electrons. The van der Waals surface area contributed by atoms with Crippen molar-refractivity contribution >= 4 is 11.8 Å². The Labute approximate surface area is 171 Å². The highest BCUT2D eigenvalue weighted by molar-refractivity contribution is 5.90. The fourth-order valence-corrected chi connectivity index (χ4v) is 4.33. The summed E-state index contributed by atoms with van der Waals surface area (Å²) in [5, 5.41) is 3.01. The van der Waals surface area contributed by atoms with Crippen LogP contribution in [0, 0.1) is 17.6 Å². The van der Waals surface area contributed by atoms with Crippen molar-refractivity contribution in [3.8, 4) is 0 Å². The first-order chi connectivity index (χ1) is 14.4. The number of nitrogens with zero attached hydrogens (tertiary/aromatic N) is 1. The van der Waals surface area contributed by atoms with E-state index in [4.69, 9.17) is 5.73 Å². The van der Waals surface area contributed by atoms with E-state index in [-0.39, 0.29) is 12.3 Å². The van der Waals surface area contributed by atoms with E-state index in [9.17, 15) is 18.4 Å². The van der Waals surface area contributed by atoms with Gasteiger partial charge in [-0.2, -0.15) is 0 Å². The molecule has 3 N–H and O–H groups in total. The van der Waals surface area contributed by atoms with Crippen molar-refractivity contribution in [1.82, 2.24) is 10.3 Å². The maximum atomic E-state index is 13.7. The van der Waals surface area contributed by atoms with Crippen molar-refractivity contribution in [2.45, 2.75) is 17.9 Å². The summed E-state index contributed by atoms with van der Waals surface area (Å²) in [7, 11) is 0. The number of hydrogen-bond donors (Lipinski definition) is 2. The number of nitrogens with one attached hydrogen (secondary N) is 1. The number of amides is 2. The molecule has 30 heavy (non-hydrogen) atoms. The Morgan fingerprint density at radius 3 is 2.00 bits per heavy atom. The normalized spacial score (nSPS) is 20.0. The van der Waals surface area contributed by atoms with Crippen molar-refractivity contribution in [2.75, 3.05) is 0 Å². The highest BCUT2D eigenvalue weighted by Crippen LogP contribution is 2.51. The topological polar surface area (TPSA) is 85.1 Å². The Morgan fingerprint density at radius 2 is 1.53 bits per heavy atom. The van der Waals surface area contributed by atoms with Crippen LogP contribution >= 0.6 is 0 Å². The Bertz CT molecular complexity index is 1020. The molecular weight excluding hydrogens is 388 g/mol. The molecule has 1 aliphatic rings. The van der Waals surface area contributed by atoms with Crippen molar-refractivity contribution < 1.29 is 18.4 Å². The molecule has 4 rings (SSSR count). The molecule has 1 aliphatic heterocycles. The van der Waals surface area contributed by atoms with Crippen LogP contribution in [0.4, 0.5) is 8.78 Å². The van der Waals surface area contributed by atoms with Crippen LogP contribution in [-0.4, -0.2) is 16.8 Å². The van der Waals surface area contributed by atoms with Gasteiger partial charge in [-0.1, -0.05) is 30.3 Å². The summed E-state index contributed by atoms with van der Waals surface area (Å²) >= 11 is 0. The zero-order valence-electron chi connectivity index (χ0n) is 15.9. The van der Waals surface area contributed by atoms with Crippen LogP contribution in [0.2, 0.25) is 0 Å². The molecule has 0 radical (unpaired) electrons. The lowest BCUT2D eigenvalue weighted by Crippen LogP contribution is -2.43. The quantitative estimate of drug-likeness (QED) is 0.682. The second kappa shape index (κ2) is 7.67. The van der Waals surface area contributed by atoms with Crippen LogP contribution in [0.25, 0.3) is 0 Å². The Hall–Kier alpha value is -3.61. The summed E-state index contributed by atoms with van der Waals surface area (Å²) in [5.74, 6) is -3.29. The molecule has 3 aromatic rings. The van der Waals surface area contributed by atoms with Gasteiger partial charge in [0.15, 0.2) is 0 Å². The first-order valence-electron chi connectivity index (χ1n) is 9.45. The van der Waals surface area contributed by atoms with E-state index >= 15 is 0 Å². The Balaban J connectivity index is 2.00. The molecule has 2 aromatic carbocycles. The maximum absolute atomic E-state index is 13.7. The molecule has 2 heterocycles. The molecule has 2 amide bonds. The largest absolute Gasteiger partial charge is 0.370 e. The number of pyridine rings is 1. The predicted molar refractivity (Wildman–Crippen MR) is 106 cm³/mol. The van der Waals surface area contributed by atoms with Gasteiger partial charge in [0.1, 0.15) is 11.6 Å². The van der Waals surface area contributed by atoms with E-state index in [1.165, 1.54) is 24.3 Å². The smallest absolute Gasteiger partial charge is 0.225 e. The van der Waals surface area contributed by atoms with Gasteiger partial charge in [0.05, 0.1) is 11.5 Å². The van der Waals surface area contributed by atoms with Gasteiger partial charge in [-0.25, -0.2) is 8.78 Å². The van der Waals surface area contributed by atoms with Crippen LogP contribution in [0.3, 0.4) is 0 Å². The molecule has 5 nitrogen and oxygen atoms in total. The molecule has 2 unspecified atom stereocenters. The summed E-state index contributed by atoms with van der Waals surface area (Å²) < 4.78 is 27.4. The van der Waals surface area contributed by atoms with Crippen molar-refractivity contribution in [3.05, 3.63) is 101 Å². The standard InChI is InChI=1S/C23H19F2N3O2/c24-16-8-4-14(5-9-16)23(15-6-10-17(25)11-7-15)21(19-3-1-2-12-27-19)18(13-20(26)29)22(30)28-23/h1-12,18,21H,13H2,(H2,26,29)(H,28,30). The maximum Gasteiger partial charge on any atom is 0.225 e. The number of primary amides is 1. The Morgan fingerprint density at radius 1 is 0.967 bits per heavy atom. The summed E-state index contributed by atoms with van der Waals surface area (Å²) in [6.07, 6.45) is 1.41. The minimum Gasteiger partial charge on any atom is -0.370 e. The van der Waals surface area contributed by atoms with E-state index in [1.54, 1.807) is 48.7 Å². The second-order valence-corrected chi connectivity index (χ2v) is 7.32. The number of aromatic nitrogens is 1. The first kappa shape index (κ1) is 19.7. The van der Waals surface area contributed by atoms with Crippen LogP contribution in [0.15, 0.2) is 72.9 Å². The minimum absolute atomic E-state index is 0.183. The second-order valence-electron chi connectivity index (χ2n) is 7.32. The van der Waals surface area contributed by atoms with Crippen LogP contribution < -0.4 is 11.1 Å². The van der Waals surface area contributed by atoms with Gasteiger partial charge in [0.2, 0.25) is 11.8 Å². The van der Waals surface area contributed by atoms with Gasteiger partial charge in [0, 0.05) is 24.2 Å². The molecule has 1 fully saturated rings. The van der Waals surface area contributed by atoms with E-state index < -0.39 is 34.9 Å². The molecule has 0 bridgehead atoms. The SMILES string of the molecule is NC(=O)CC1C(=O)NC(c2ccc(F)cc2)(c2ccc(F)cc2)C1c1ccccn1. The molecular formula is C23H19F2N3O2. The summed E-state index contributed by atoms with van der Waals surface area (Å²) in [5.41, 5.74) is 6.00. The summed E-state index contributed by atoms with van der Waals surface area (Å²) in [6, 6.07) is 16.8. The number of carbonyl (C=O) groups is 2. The lowest BCUT2D eigenvalue weighted by Gasteiger charge is -2.37. The van der Waals surface area contributed by atoms with E-state index in [0.29, 0.717) is 16.8 Å². The number of rotatable bonds is 5. The van der Waals surface area contributed by atoms with Gasteiger partial charge < -0.3 is 11.1 Å². The molecule has 1 saturated heterocycles. The Kier molecular flexibility index (Phi) is 5.03. The third-order valence-electron chi connectivity index (χ3n) is 5.55. The summed E-state index contributed by atoms with van der Waals surface area (Å²) in [4.78, 5) is 29.3. The van der Waals surface area contributed by atoms with Gasteiger partial charge in [-0.05, 0) is 47.5 Å². The third kappa shape index (κ3) is 3.32. The van der Waals surface area contributed by atoms with Gasteiger partial charge in [0.25, 0.3) is 0 Å². The van der Waals surface area contributed by atoms with Crippen molar-refractivity contribution in [1.29, 1.82) is 0 Å². The summed E-state index contributed by atoms with van der Waals surface area (Å²) in [6.45, 7) is 0. The lowest BCUT2D eigenvalue weighted by molar-refractivity contribution is -0.127. The molecule has 2 atom stereocenters. The van der Waals surface area contributed by atoms with E-state index in [2.05, 4.69) is 10.3 Å². The predicted octanol–water partition coefficient (Wildman–Crippen LogP) is 3.01. The van der Waals surface area contributed by atoms with Crippen LogP contribution in [0.1, 0.15) is 29.2 Å². The van der Waals surface area contributed by atoms with Gasteiger partial charge >= 0.3 is 0 Å². The zero-order chi connectivity index (χ0) is 21.3. The molecule has 0 spiro atoms. The van der Waals surface area contributed by atoms with E-state index in [0.717, 1.165) is 0 Å². The van der Waals surface area contributed by atoms with Gasteiger partial charge in [-0.3, -0.25) is 14.6 Å². The third-order valence-corrected chi connectivity index (χ3v) is 5.55. The highest BCUT2D eigenvalue weighted by Gasteiger charge is 2.56. The monoisotopic (exact) mass is 407 g/mol. The average molecular weight is 407 g/mol. The minimum atomic E-state index is -1.19. The number of carbonyl (C=O) groups excluding carboxylic acids is 2. The van der Waals surface area contributed by atoms with Crippen molar-refractivity contribution in [3.63, 3.8) is 0 Å². The highest BCUT2D eigenvalue weighted by atomic mass is 19.1. The molecule has 0 saturated carbocycles. The van der Waals surface area contributed by atoms with Crippen LogP contribution in [-0.2, 0) is 15.1 Å². The number of halogens is 2.